The Morgan fingerprint density at radius 1 is 1.12 bits per heavy atom. The molecule has 1 N–H and O–H groups in total. The third-order valence-electron chi connectivity index (χ3n) is 4.09. The summed E-state index contributed by atoms with van der Waals surface area (Å²) in [5.74, 6) is 0.0134. The minimum atomic E-state index is -0.137. The van der Waals surface area contributed by atoms with Crippen LogP contribution in [0.2, 0.25) is 0 Å². The maximum absolute atomic E-state index is 12.5. The smallest absolute Gasteiger partial charge is 0.256 e. The normalized spacial score (nSPS) is 14.5. The Morgan fingerprint density at radius 2 is 1.96 bits per heavy atom. The quantitative estimate of drug-likeness (QED) is 0.850. The van der Waals surface area contributed by atoms with Gasteiger partial charge in [-0.1, -0.05) is 18.2 Å². The summed E-state index contributed by atoms with van der Waals surface area (Å²) in [6, 6.07) is 15.0. The zero-order valence-corrected chi connectivity index (χ0v) is 14.4. The Kier molecular flexibility index (Phi) is 5.20. The number of nitrogens with zero attached hydrogens (tertiary/aromatic N) is 1. The molecule has 2 aromatic rings. The second-order valence-electron chi connectivity index (χ2n) is 5.71. The molecule has 0 aliphatic carbocycles. The molecular weight excluding hydrogens is 320 g/mol. The van der Waals surface area contributed by atoms with E-state index >= 15 is 0 Å². The second kappa shape index (κ2) is 7.53. The van der Waals surface area contributed by atoms with Crippen LogP contribution in [-0.2, 0) is 4.79 Å². The molecule has 0 aromatic heterocycles. The van der Waals surface area contributed by atoms with Crippen LogP contribution in [-0.4, -0.2) is 24.6 Å². The Morgan fingerprint density at radius 3 is 2.75 bits per heavy atom. The van der Waals surface area contributed by atoms with Gasteiger partial charge in [0.05, 0.1) is 5.56 Å². The van der Waals surface area contributed by atoms with E-state index in [2.05, 4.69) is 5.32 Å². The maximum Gasteiger partial charge on any atom is 0.256 e. The first-order chi connectivity index (χ1) is 11.7. The van der Waals surface area contributed by atoms with E-state index in [0.29, 0.717) is 17.7 Å². The van der Waals surface area contributed by atoms with Crippen LogP contribution in [0.25, 0.3) is 0 Å². The standard InChI is InChI=1S/C19H20N2O2S/c1-24-17-10-3-2-9-16(17)19(23)20-14-7-6-8-15(13-14)21-12-5-4-11-18(21)22/h2-3,6-10,13H,4-5,11-12H2,1H3,(H,20,23). The van der Waals surface area contributed by atoms with Gasteiger partial charge in [0.15, 0.2) is 0 Å². The number of piperidine rings is 1. The second-order valence-corrected chi connectivity index (χ2v) is 6.56. The fourth-order valence-corrected chi connectivity index (χ4v) is 3.46. The van der Waals surface area contributed by atoms with E-state index in [0.717, 1.165) is 30.0 Å². The molecule has 0 saturated carbocycles. The van der Waals surface area contributed by atoms with Crippen LogP contribution in [0.1, 0.15) is 29.6 Å². The van der Waals surface area contributed by atoms with Gasteiger partial charge in [0, 0.05) is 29.2 Å². The summed E-state index contributed by atoms with van der Waals surface area (Å²) in [6.45, 7) is 0.742. The van der Waals surface area contributed by atoms with Gasteiger partial charge in [-0.25, -0.2) is 0 Å². The van der Waals surface area contributed by atoms with Gasteiger partial charge >= 0.3 is 0 Å². The molecule has 0 spiro atoms. The van der Waals surface area contributed by atoms with Gasteiger partial charge in [-0.3, -0.25) is 9.59 Å². The summed E-state index contributed by atoms with van der Waals surface area (Å²) in [7, 11) is 0. The van der Waals surface area contributed by atoms with Crippen LogP contribution < -0.4 is 10.2 Å². The molecule has 0 atom stereocenters. The van der Waals surface area contributed by atoms with Gasteiger partial charge in [-0.15, -0.1) is 11.8 Å². The van der Waals surface area contributed by atoms with Gasteiger partial charge in [0.25, 0.3) is 5.91 Å². The highest BCUT2D eigenvalue weighted by atomic mass is 32.2. The average Bonchev–Trinajstić information content (AvgIpc) is 2.62. The predicted octanol–water partition coefficient (Wildman–Crippen LogP) is 4.18. The summed E-state index contributed by atoms with van der Waals surface area (Å²) in [5, 5.41) is 2.94. The lowest BCUT2D eigenvalue weighted by Crippen LogP contribution is -2.35. The van der Waals surface area contributed by atoms with Crippen molar-refractivity contribution >= 4 is 35.0 Å². The number of hydrogen-bond donors (Lipinski definition) is 1. The van der Waals surface area contributed by atoms with E-state index in [1.54, 1.807) is 16.7 Å². The van der Waals surface area contributed by atoms with E-state index in [9.17, 15) is 9.59 Å². The van der Waals surface area contributed by atoms with E-state index in [1.807, 2.05) is 54.8 Å². The molecule has 0 unspecified atom stereocenters. The van der Waals surface area contributed by atoms with Crippen LogP contribution >= 0.6 is 11.8 Å². The molecule has 3 rings (SSSR count). The first kappa shape index (κ1) is 16.6. The van der Waals surface area contributed by atoms with E-state index < -0.39 is 0 Å². The van der Waals surface area contributed by atoms with Gasteiger partial charge in [0.1, 0.15) is 0 Å². The van der Waals surface area contributed by atoms with Crippen LogP contribution in [0.5, 0.6) is 0 Å². The third kappa shape index (κ3) is 3.62. The van der Waals surface area contributed by atoms with E-state index in [-0.39, 0.29) is 11.8 Å². The van der Waals surface area contributed by atoms with Crippen molar-refractivity contribution in [3.63, 3.8) is 0 Å². The van der Waals surface area contributed by atoms with Crippen molar-refractivity contribution in [1.82, 2.24) is 0 Å². The third-order valence-corrected chi connectivity index (χ3v) is 4.89. The molecule has 1 aliphatic heterocycles. The van der Waals surface area contributed by atoms with Crippen molar-refractivity contribution in [2.24, 2.45) is 0 Å². The van der Waals surface area contributed by atoms with Crippen molar-refractivity contribution in [1.29, 1.82) is 0 Å². The summed E-state index contributed by atoms with van der Waals surface area (Å²) < 4.78 is 0. The SMILES string of the molecule is CSc1ccccc1C(=O)Nc1cccc(N2CCCCC2=O)c1. The zero-order chi connectivity index (χ0) is 16.9. The van der Waals surface area contributed by atoms with Crippen molar-refractivity contribution in [2.45, 2.75) is 24.2 Å². The van der Waals surface area contributed by atoms with Crippen molar-refractivity contribution in [2.75, 3.05) is 23.0 Å². The largest absolute Gasteiger partial charge is 0.322 e. The molecule has 1 aliphatic rings. The average molecular weight is 340 g/mol. The van der Waals surface area contributed by atoms with Gasteiger partial charge < -0.3 is 10.2 Å². The van der Waals surface area contributed by atoms with Gasteiger partial charge in [0.2, 0.25) is 5.91 Å². The number of carbonyl (C=O) groups is 2. The first-order valence-corrected chi connectivity index (χ1v) is 9.26. The van der Waals surface area contributed by atoms with Gasteiger partial charge in [-0.05, 0) is 49.4 Å². The van der Waals surface area contributed by atoms with Crippen LogP contribution in [0.15, 0.2) is 53.4 Å². The van der Waals surface area contributed by atoms with Crippen LogP contribution in [0.3, 0.4) is 0 Å². The highest BCUT2D eigenvalue weighted by Gasteiger charge is 2.20. The molecular formula is C19H20N2O2S. The first-order valence-electron chi connectivity index (χ1n) is 8.04. The van der Waals surface area contributed by atoms with Crippen molar-refractivity contribution in [3.8, 4) is 0 Å². The number of hydrogen-bond acceptors (Lipinski definition) is 3. The summed E-state index contributed by atoms with van der Waals surface area (Å²) >= 11 is 1.55. The summed E-state index contributed by atoms with van der Waals surface area (Å²) in [6.07, 6.45) is 4.52. The Bertz CT molecular complexity index is 761. The summed E-state index contributed by atoms with van der Waals surface area (Å²) in [5.41, 5.74) is 2.20. The molecule has 24 heavy (non-hydrogen) atoms. The van der Waals surface area contributed by atoms with E-state index in [1.165, 1.54) is 0 Å². The molecule has 1 heterocycles. The highest BCUT2D eigenvalue weighted by Crippen LogP contribution is 2.25. The Balaban J connectivity index is 1.79. The number of thioether (sulfide) groups is 1. The predicted molar refractivity (Wildman–Crippen MR) is 98.8 cm³/mol. The number of benzene rings is 2. The van der Waals surface area contributed by atoms with E-state index in [4.69, 9.17) is 0 Å². The minimum absolute atomic E-state index is 0.137. The molecule has 1 saturated heterocycles. The number of nitrogens with one attached hydrogen (secondary N) is 1. The van der Waals surface area contributed by atoms with Crippen LogP contribution in [0.4, 0.5) is 11.4 Å². The molecule has 4 nitrogen and oxygen atoms in total. The number of amides is 2. The zero-order valence-electron chi connectivity index (χ0n) is 13.6. The molecule has 1 fully saturated rings. The molecule has 5 heteroatoms. The number of rotatable bonds is 4. The Labute approximate surface area is 146 Å². The molecule has 0 radical (unpaired) electrons. The monoisotopic (exact) mass is 340 g/mol. The van der Waals surface area contributed by atoms with Gasteiger partial charge in [-0.2, -0.15) is 0 Å². The lowest BCUT2D eigenvalue weighted by atomic mass is 10.1. The lowest BCUT2D eigenvalue weighted by Gasteiger charge is -2.27. The highest BCUT2D eigenvalue weighted by molar-refractivity contribution is 7.98. The Hall–Kier alpha value is -2.27. The summed E-state index contributed by atoms with van der Waals surface area (Å²) in [4.78, 5) is 27.4. The number of anilines is 2. The van der Waals surface area contributed by atoms with Crippen molar-refractivity contribution in [3.05, 3.63) is 54.1 Å². The minimum Gasteiger partial charge on any atom is -0.322 e. The number of carbonyl (C=O) groups excluding carboxylic acids is 2. The fraction of sp³-hybridized carbons (Fsp3) is 0.263. The molecule has 2 aromatic carbocycles. The van der Waals surface area contributed by atoms with Crippen LogP contribution in [0, 0.1) is 0 Å². The molecule has 0 bridgehead atoms. The molecule has 2 amide bonds. The maximum atomic E-state index is 12.5. The fourth-order valence-electron chi connectivity index (χ4n) is 2.86. The topological polar surface area (TPSA) is 49.4 Å². The lowest BCUT2D eigenvalue weighted by molar-refractivity contribution is -0.119. The van der Waals surface area contributed by atoms with Crippen molar-refractivity contribution < 1.29 is 9.59 Å². The molecule has 124 valence electrons.